The van der Waals surface area contributed by atoms with E-state index in [2.05, 4.69) is 43.4 Å². The first-order chi connectivity index (χ1) is 25.6. The van der Waals surface area contributed by atoms with Crippen LogP contribution in [0.4, 0.5) is 0 Å². The van der Waals surface area contributed by atoms with Crippen molar-refractivity contribution in [1.82, 2.24) is 0 Å². The number of hydrogen-bond donors (Lipinski definition) is 7. The van der Waals surface area contributed by atoms with Crippen molar-refractivity contribution in [2.24, 2.45) is 0 Å². The molecule has 308 valence electrons. The monoisotopic (exact) mass is 760 g/mol. The summed E-state index contributed by atoms with van der Waals surface area (Å²) in [5.74, 6) is -0.558. The summed E-state index contributed by atoms with van der Waals surface area (Å²) in [6.45, 7) is 2.59. The highest BCUT2D eigenvalue weighted by molar-refractivity contribution is 5.66. The number of carbonyl (C=O) groups is 1. The number of unbranched alkanes of at least 4 members (excludes halogenated alkanes) is 10. The lowest BCUT2D eigenvalue weighted by Crippen LogP contribution is -2.61. The lowest BCUT2D eigenvalue weighted by molar-refractivity contribution is -0.332. The van der Waals surface area contributed by atoms with E-state index in [1.165, 1.54) is 58.3 Å². The number of carbonyl (C=O) groups excluding carboxylic acids is 1. The Labute approximate surface area is 315 Å². The molecule has 2 fully saturated rings. The quantitative estimate of drug-likeness (QED) is 0.0347. The summed E-state index contributed by atoms with van der Waals surface area (Å²) >= 11 is 0. The van der Waals surface area contributed by atoms with E-state index in [9.17, 15) is 40.5 Å². The van der Waals surface area contributed by atoms with Gasteiger partial charge in [0.05, 0.1) is 26.4 Å². The van der Waals surface area contributed by atoms with E-state index >= 15 is 0 Å². The predicted octanol–water partition coefficient (Wildman–Crippen LogP) is 2.73. The van der Waals surface area contributed by atoms with Crippen LogP contribution in [0.5, 0.6) is 0 Å². The molecule has 2 heterocycles. The van der Waals surface area contributed by atoms with Gasteiger partial charge in [-0.25, -0.2) is 0 Å². The first kappa shape index (κ1) is 47.4. The summed E-state index contributed by atoms with van der Waals surface area (Å²) in [6, 6.07) is 0. The summed E-state index contributed by atoms with van der Waals surface area (Å²) in [5, 5.41) is 70.8. The Morgan fingerprint density at radius 3 is 1.72 bits per heavy atom. The number of rotatable bonds is 28. The standard InChI is InChI=1S/C39H68O14/c1-3-4-5-6-7-8-9-10-11-12-13-14-15-16-17-18-19-20-21-22-23-48-25-29(51-28(2)41)26-49-38-37(47)35(45)33(43)31(53-38)27-50-39-36(46)34(44)32(42)30(24-40)52-39/h7-8,10-11,13-14,29-40,42-47H,3-6,9,12,15-27H2,1-2H3/b8-7-,11-10-,14-13-. The van der Waals surface area contributed by atoms with Crippen LogP contribution >= 0.6 is 0 Å². The number of hydrogen-bond acceptors (Lipinski definition) is 14. The Morgan fingerprint density at radius 2 is 1.13 bits per heavy atom. The molecule has 14 nitrogen and oxygen atoms in total. The summed E-state index contributed by atoms with van der Waals surface area (Å²) in [5.41, 5.74) is 0. The summed E-state index contributed by atoms with van der Waals surface area (Å²) < 4.78 is 33.0. The van der Waals surface area contributed by atoms with Crippen LogP contribution in [0.1, 0.15) is 104 Å². The molecule has 0 spiro atoms. The van der Waals surface area contributed by atoms with Gasteiger partial charge < -0.3 is 64.2 Å². The first-order valence-corrected chi connectivity index (χ1v) is 19.5. The fraction of sp³-hybridized carbons (Fsp3) is 0.821. The topological polar surface area (TPSA) is 214 Å². The molecule has 7 N–H and O–H groups in total. The molecule has 2 aliphatic rings. The van der Waals surface area contributed by atoms with E-state index in [4.69, 9.17) is 28.4 Å². The van der Waals surface area contributed by atoms with E-state index in [1.807, 2.05) is 0 Å². The minimum atomic E-state index is -1.70. The maximum absolute atomic E-state index is 11.7. The van der Waals surface area contributed by atoms with Crippen LogP contribution in [0.3, 0.4) is 0 Å². The Morgan fingerprint density at radius 1 is 0.623 bits per heavy atom. The van der Waals surface area contributed by atoms with Crippen molar-refractivity contribution in [3.05, 3.63) is 36.5 Å². The van der Waals surface area contributed by atoms with Gasteiger partial charge in [-0.2, -0.15) is 0 Å². The van der Waals surface area contributed by atoms with Gasteiger partial charge in [0.25, 0.3) is 0 Å². The van der Waals surface area contributed by atoms with Crippen LogP contribution < -0.4 is 0 Å². The average molecular weight is 761 g/mol. The highest BCUT2D eigenvalue weighted by Crippen LogP contribution is 2.26. The van der Waals surface area contributed by atoms with Crippen LogP contribution in [-0.2, 0) is 33.2 Å². The van der Waals surface area contributed by atoms with Crippen molar-refractivity contribution in [2.45, 2.75) is 171 Å². The van der Waals surface area contributed by atoms with Crippen molar-refractivity contribution >= 4 is 5.97 Å². The lowest BCUT2D eigenvalue weighted by atomic mass is 9.98. The molecule has 2 aliphatic heterocycles. The first-order valence-electron chi connectivity index (χ1n) is 19.5. The van der Waals surface area contributed by atoms with E-state index < -0.39 is 86.7 Å². The molecule has 0 aliphatic carbocycles. The van der Waals surface area contributed by atoms with Crippen molar-refractivity contribution in [1.29, 1.82) is 0 Å². The molecule has 0 saturated carbocycles. The Balaban J connectivity index is 1.59. The van der Waals surface area contributed by atoms with Crippen LogP contribution in [-0.4, -0.2) is 142 Å². The molecule has 11 unspecified atom stereocenters. The second kappa shape index (κ2) is 28.6. The van der Waals surface area contributed by atoms with Gasteiger partial charge in [-0.1, -0.05) is 88.3 Å². The van der Waals surface area contributed by atoms with Crippen LogP contribution in [0, 0.1) is 0 Å². The summed E-state index contributed by atoms with van der Waals surface area (Å²) in [4.78, 5) is 11.7. The third kappa shape index (κ3) is 19.1. The molecule has 0 bridgehead atoms. The smallest absolute Gasteiger partial charge is 0.303 e. The van der Waals surface area contributed by atoms with Crippen LogP contribution in [0.25, 0.3) is 0 Å². The molecule has 2 saturated heterocycles. The lowest BCUT2D eigenvalue weighted by Gasteiger charge is -2.42. The number of aliphatic hydroxyl groups is 7. The molecule has 2 rings (SSSR count). The minimum Gasteiger partial charge on any atom is -0.458 e. The highest BCUT2D eigenvalue weighted by atomic mass is 16.7. The zero-order valence-corrected chi connectivity index (χ0v) is 31.7. The average Bonchev–Trinajstić information content (AvgIpc) is 3.14. The normalized spacial score (nSPS) is 30.1. The Hall–Kier alpha value is -1.79. The SMILES string of the molecule is CCCCC/C=C\C/C=C\C/C=C\CCCCCCCCCOCC(COC1OC(COC2OC(CO)C(O)C(O)C2O)C(O)C(O)C1O)OC(C)=O. The zero-order chi connectivity index (χ0) is 38.8. The fourth-order valence-electron chi connectivity index (χ4n) is 5.99. The Kier molecular flexibility index (Phi) is 25.6. The molecule has 0 aromatic carbocycles. The molecule has 0 amide bonds. The Bertz CT molecular complexity index is 1020. The molecule has 0 aromatic heterocycles. The van der Waals surface area contributed by atoms with Crippen molar-refractivity contribution in [2.75, 3.05) is 33.0 Å². The van der Waals surface area contributed by atoms with Crippen LogP contribution in [0.15, 0.2) is 36.5 Å². The van der Waals surface area contributed by atoms with Crippen molar-refractivity contribution in [3.63, 3.8) is 0 Å². The minimum absolute atomic E-state index is 0.0384. The largest absolute Gasteiger partial charge is 0.458 e. The molecule has 14 heteroatoms. The molecule has 53 heavy (non-hydrogen) atoms. The van der Waals surface area contributed by atoms with Crippen LogP contribution in [0.2, 0.25) is 0 Å². The van der Waals surface area contributed by atoms with Crippen molar-refractivity contribution < 1.29 is 69.0 Å². The summed E-state index contributed by atoms with van der Waals surface area (Å²) in [7, 11) is 0. The third-order valence-electron chi connectivity index (χ3n) is 9.20. The number of aliphatic hydroxyl groups excluding tert-OH is 7. The van der Waals surface area contributed by atoms with Gasteiger partial charge in [0.15, 0.2) is 12.6 Å². The zero-order valence-electron chi connectivity index (χ0n) is 31.7. The second-order valence-electron chi connectivity index (χ2n) is 13.8. The molecule has 0 aromatic rings. The van der Waals surface area contributed by atoms with Gasteiger partial charge in [0.1, 0.15) is 54.9 Å². The third-order valence-corrected chi connectivity index (χ3v) is 9.20. The summed E-state index contributed by atoms with van der Waals surface area (Å²) in [6.07, 6.45) is 13.3. The number of ether oxygens (including phenoxy) is 6. The fourth-order valence-corrected chi connectivity index (χ4v) is 5.99. The maximum Gasteiger partial charge on any atom is 0.303 e. The van der Waals surface area contributed by atoms with E-state index in [-0.39, 0.29) is 13.2 Å². The predicted molar refractivity (Wildman–Crippen MR) is 196 cm³/mol. The van der Waals surface area contributed by atoms with E-state index in [0.717, 1.165) is 38.5 Å². The van der Waals surface area contributed by atoms with Crippen molar-refractivity contribution in [3.8, 4) is 0 Å². The highest BCUT2D eigenvalue weighted by Gasteiger charge is 2.47. The van der Waals surface area contributed by atoms with E-state index in [0.29, 0.717) is 6.61 Å². The van der Waals surface area contributed by atoms with Gasteiger partial charge in [0, 0.05) is 13.5 Å². The number of allylic oxidation sites excluding steroid dienone is 6. The van der Waals surface area contributed by atoms with E-state index in [1.54, 1.807) is 0 Å². The van der Waals surface area contributed by atoms with Gasteiger partial charge in [0.2, 0.25) is 0 Å². The maximum atomic E-state index is 11.7. The van der Waals surface area contributed by atoms with Gasteiger partial charge in [-0.3, -0.25) is 4.79 Å². The molecule has 0 radical (unpaired) electrons. The van der Waals surface area contributed by atoms with Gasteiger partial charge in [-0.05, 0) is 44.9 Å². The van der Waals surface area contributed by atoms with Gasteiger partial charge >= 0.3 is 5.97 Å². The molecule has 11 atom stereocenters. The second-order valence-corrected chi connectivity index (χ2v) is 13.8. The molecular weight excluding hydrogens is 692 g/mol. The molecular formula is C39H68O14. The number of esters is 1. The van der Waals surface area contributed by atoms with Gasteiger partial charge in [-0.15, -0.1) is 0 Å².